The van der Waals surface area contributed by atoms with Gasteiger partial charge in [0.15, 0.2) is 0 Å². The van der Waals surface area contributed by atoms with Crippen molar-refractivity contribution in [1.82, 2.24) is 0 Å². The summed E-state index contributed by atoms with van der Waals surface area (Å²) in [5.74, 6) is -4.53. The largest absolute Gasteiger partial charge is 0.478 e. The third-order valence-corrected chi connectivity index (χ3v) is 1.74. The quantitative estimate of drug-likeness (QED) is 0.735. The molecule has 0 bridgehead atoms. The second-order valence-electron chi connectivity index (χ2n) is 2.64. The summed E-state index contributed by atoms with van der Waals surface area (Å²) in [6.45, 7) is 0. The minimum atomic E-state index is -1.58. The van der Waals surface area contributed by atoms with Crippen molar-refractivity contribution in [1.29, 1.82) is 0 Å². The minimum absolute atomic E-state index is 0. The Morgan fingerprint density at radius 3 is 1.44 bits per heavy atom. The van der Waals surface area contributed by atoms with Crippen LogP contribution in [0.1, 0.15) is 31.1 Å². The Kier molecular flexibility index (Phi) is 5.03. The molecule has 0 heterocycles. The van der Waals surface area contributed by atoms with Crippen LogP contribution in [0, 0.1) is 0 Å². The van der Waals surface area contributed by atoms with Gasteiger partial charge in [-0.05, 0) is 12.1 Å². The first-order valence-corrected chi connectivity index (χ1v) is 3.78. The summed E-state index contributed by atoms with van der Waals surface area (Å²) in [7, 11) is 0. The van der Waals surface area contributed by atoms with Gasteiger partial charge in [-0.3, -0.25) is 0 Å². The number of rotatable bonds is 3. The van der Waals surface area contributed by atoms with E-state index in [1.165, 1.54) is 6.07 Å². The van der Waals surface area contributed by atoms with Gasteiger partial charge in [0.25, 0.3) is 0 Å². The third-order valence-electron chi connectivity index (χ3n) is 1.74. The van der Waals surface area contributed by atoms with Crippen LogP contribution in [0.4, 0.5) is 0 Å². The molecule has 0 aliphatic carbocycles. The van der Waals surface area contributed by atoms with Crippen LogP contribution in [0.5, 0.6) is 0 Å². The van der Waals surface area contributed by atoms with Gasteiger partial charge in [-0.15, -0.1) is 0 Å². The fourth-order valence-corrected chi connectivity index (χ4v) is 1.14. The van der Waals surface area contributed by atoms with Crippen LogP contribution in [-0.4, -0.2) is 33.2 Å². The van der Waals surface area contributed by atoms with Gasteiger partial charge in [-0.1, -0.05) is 6.07 Å². The summed E-state index contributed by atoms with van der Waals surface area (Å²) in [5, 5.41) is 26.0. The van der Waals surface area contributed by atoms with Gasteiger partial charge in [0.1, 0.15) is 0 Å². The molecule has 16 heavy (non-hydrogen) atoms. The van der Waals surface area contributed by atoms with Crippen LogP contribution in [0.15, 0.2) is 18.2 Å². The van der Waals surface area contributed by atoms with Crippen molar-refractivity contribution in [2.45, 2.75) is 0 Å². The molecule has 0 saturated carbocycles. The average Bonchev–Trinajstić information content (AvgIpc) is 2.16. The molecule has 3 N–H and O–H groups in total. The van der Waals surface area contributed by atoms with E-state index in [1.807, 2.05) is 0 Å². The van der Waals surface area contributed by atoms with E-state index >= 15 is 0 Å². The van der Waals surface area contributed by atoms with Gasteiger partial charge >= 0.3 is 17.9 Å². The summed E-state index contributed by atoms with van der Waals surface area (Å²) in [6, 6.07) is 3.26. The standard InChI is InChI=1S/C9H6O6.Sc/c10-7(11)4-2-1-3-5(8(12)13)6(4)9(14)15;/h1-3H,(H,10,11)(H,12,13)(H,14,15);. The zero-order valence-electron chi connectivity index (χ0n) is 7.88. The molecule has 7 heteroatoms. The Balaban J connectivity index is 0.00000225. The molecule has 81 valence electrons. The Morgan fingerprint density at radius 2 is 1.19 bits per heavy atom. The molecule has 0 aliphatic rings. The zero-order chi connectivity index (χ0) is 11.6. The molecular weight excluding hydrogens is 249 g/mol. The summed E-state index contributed by atoms with van der Waals surface area (Å²) >= 11 is 0. The van der Waals surface area contributed by atoms with Gasteiger partial charge in [0, 0.05) is 25.8 Å². The molecular formula is C9H6O6Sc. The molecule has 0 aliphatic heterocycles. The fourth-order valence-electron chi connectivity index (χ4n) is 1.14. The van der Waals surface area contributed by atoms with Crippen molar-refractivity contribution in [3.63, 3.8) is 0 Å². The SMILES string of the molecule is O=C(O)c1cccc(C(=O)O)c1C(=O)O.[Sc]. The van der Waals surface area contributed by atoms with E-state index in [4.69, 9.17) is 15.3 Å². The predicted octanol–water partition coefficient (Wildman–Crippen LogP) is 0.779. The molecule has 1 rings (SSSR count). The summed E-state index contributed by atoms with van der Waals surface area (Å²) in [6.07, 6.45) is 0. The smallest absolute Gasteiger partial charge is 0.337 e. The van der Waals surface area contributed by atoms with Crippen molar-refractivity contribution in [3.8, 4) is 0 Å². The molecule has 0 spiro atoms. The Bertz CT molecular complexity index is 421. The van der Waals surface area contributed by atoms with Gasteiger partial charge < -0.3 is 15.3 Å². The predicted molar refractivity (Wildman–Crippen MR) is 47.3 cm³/mol. The second-order valence-corrected chi connectivity index (χ2v) is 2.64. The number of hydrogen-bond donors (Lipinski definition) is 3. The Labute approximate surface area is 108 Å². The summed E-state index contributed by atoms with van der Waals surface area (Å²) < 4.78 is 0. The van der Waals surface area contributed by atoms with Crippen LogP contribution in [0.2, 0.25) is 0 Å². The first-order chi connectivity index (χ1) is 6.95. The molecule has 0 atom stereocenters. The molecule has 0 unspecified atom stereocenters. The average molecular weight is 255 g/mol. The molecule has 0 aromatic heterocycles. The van der Waals surface area contributed by atoms with Gasteiger partial charge in [-0.2, -0.15) is 0 Å². The molecule has 0 saturated heterocycles. The van der Waals surface area contributed by atoms with E-state index in [1.54, 1.807) is 0 Å². The molecule has 1 aromatic carbocycles. The summed E-state index contributed by atoms with van der Waals surface area (Å²) in [4.78, 5) is 32.0. The van der Waals surface area contributed by atoms with Crippen molar-refractivity contribution < 1.29 is 55.5 Å². The first-order valence-electron chi connectivity index (χ1n) is 3.78. The van der Waals surface area contributed by atoms with Crippen molar-refractivity contribution in [2.75, 3.05) is 0 Å². The number of benzene rings is 1. The Morgan fingerprint density at radius 1 is 0.812 bits per heavy atom. The van der Waals surface area contributed by atoms with Gasteiger partial charge in [-0.25, -0.2) is 14.4 Å². The number of hydrogen-bond acceptors (Lipinski definition) is 3. The zero-order valence-corrected chi connectivity index (χ0v) is 9.68. The second kappa shape index (κ2) is 5.55. The maximum atomic E-state index is 10.7. The van der Waals surface area contributed by atoms with E-state index in [0.717, 1.165) is 12.1 Å². The fraction of sp³-hybridized carbons (Fsp3) is 0. The first kappa shape index (κ1) is 14.5. The number of carboxylic acids is 3. The monoisotopic (exact) mass is 255 g/mol. The molecule has 6 nitrogen and oxygen atoms in total. The maximum absolute atomic E-state index is 10.7. The molecule has 1 radical (unpaired) electrons. The van der Waals surface area contributed by atoms with E-state index in [2.05, 4.69) is 0 Å². The van der Waals surface area contributed by atoms with Gasteiger partial charge in [0.05, 0.1) is 16.7 Å². The van der Waals surface area contributed by atoms with E-state index in [-0.39, 0.29) is 25.8 Å². The van der Waals surface area contributed by atoms with E-state index < -0.39 is 34.6 Å². The minimum Gasteiger partial charge on any atom is -0.478 e. The van der Waals surface area contributed by atoms with Crippen LogP contribution < -0.4 is 0 Å². The van der Waals surface area contributed by atoms with Crippen molar-refractivity contribution in [2.24, 2.45) is 0 Å². The van der Waals surface area contributed by atoms with Gasteiger partial charge in [0.2, 0.25) is 0 Å². The van der Waals surface area contributed by atoms with Crippen LogP contribution in [-0.2, 0) is 25.8 Å². The number of carboxylic acid groups (broad SMARTS) is 3. The number of carbonyl (C=O) groups is 3. The van der Waals surface area contributed by atoms with Crippen molar-refractivity contribution >= 4 is 17.9 Å². The number of aromatic carboxylic acids is 3. The van der Waals surface area contributed by atoms with E-state index in [9.17, 15) is 14.4 Å². The molecule has 0 fully saturated rings. The van der Waals surface area contributed by atoms with Crippen LogP contribution >= 0.6 is 0 Å². The topological polar surface area (TPSA) is 112 Å². The van der Waals surface area contributed by atoms with Crippen LogP contribution in [0.25, 0.3) is 0 Å². The summed E-state index contributed by atoms with van der Waals surface area (Å²) in [5.41, 5.74) is -1.79. The third kappa shape index (κ3) is 2.75. The van der Waals surface area contributed by atoms with E-state index in [0.29, 0.717) is 0 Å². The Hall–Kier alpha value is -1.50. The van der Waals surface area contributed by atoms with Crippen molar-refractivity contribution in [3.05, 3.63) is 34.9 Å². The normalized spacial score (nSPS) is 9.00. The van der Waals surface area contributed by atoms with Crippen LogP contribution in [0.3, 0.4) is 0 Å². The molecule has 1 aromatic rings. The maximum Gasteiger partial charge on any atom is 0.337 e. The molecule has 0 amide bonds.